The van der Waals surface area contributed by atoms with Gasteiger partial charge in [0.15, 0.2) is 0 Å². The predicted octanol–water partition coefficient (Wildman–Crippen LogP) is 4.27. The molecule has 0 amide bonds. The quantitative estimate of drug-likeness (QED) is 0.772. The van der Waals surface area contributed by atoms with Gasteiger partial charge in [0.05, 0.1) is 10.6 Å². The minimum Gasteiger partial charge on any atom is -0.296 e. The van der Waals surface area contributed by atoms with Gasteiger partial charge < -0.3 is 0 Å². The molecule has 0 unspecified atom stereocenters. The molecular weight excluding hydrogens is 304 g/mol. The highest BCUT2D eigenvalue weighted by Gasteiger charge is 2.20. The molecule has 0 N–H and O–H groups in total. The number of hydrogen-bond donors (Lipinski definition) is 0. The molecule has 0 saturated heterocycles. The van der Waals surface area contributed by atoms with E-state index < -0.39 is 0 Å². The fourth-order valence-corrected chi connectivity index (χ4v) is 3.71. The molecule has 23 heavy (non-hydrogen) atoms. The van der Waals surface area contributed by atoms with E-state index in [9.17, 15) is 4.79 Å². The average molecular weight is 328 g/mol. The normalized spacial score (nSPS) is 14.6. The van der Waals surface area contributed by atoms with Crippen LogP contribution in [0.4, 0.5) is 0 Å². The number of thioether (sulfide) groups is 1. The van der Waals surface area contributed by atoms with Crippen molar-refractivity contribution < 1.29 is 0 Å². The van der Waals surface area contributed by atoms with E-state index in [1.165, 1.54) is 17.3 Å². The SMILES string of the molecule is CSc1c(-c2ccc(C(C)(C)C)cc2)nc2n(c1=O)CCCC2. The van der Waals surface area contributed by atoms with E-state index in [-0.39, 0.29) is 11.0 Å². The molecule has 2 heterocycles. The Morgan fingerprint density at radius 3 is 2.43 bits per heavy atom. The number of aryl methyl sites for hydroxylation is 1. The second-order valence-electron chi connectivity index (χ2n) is 7.15. The molecule has 3 nitrogen and oxygen atoms in total. The van der Waals surface area contributed by atoms with E-state index in [0.29, 0.717) is 0 Å². The largest absolute Gasteiger partial charge is 0.296 e. The summed E-state index contributed by atoms with van der Waals surface area (Å²) in [4.78, 5) is 18.4. The lowest BCUT2D eigenvalue weighted by Crippen LogP contribution is -2.30. The Morgan fingerprint density at radius 2 is 1.83 bits per heavy atom. The van der Waals surface area contributed by atoms with Crippen LogP contribution in [0, 0.1) is 0 Å². The Balaban J connectivity index is 2.12. The number of nitrogens with zero attached hydrogens (tertiary/aromatic N) is 2. The molecule has 4 heteroatoms. The van der Waals surface area contributed by atoms with Crippen LogP contribution in [-0.2, 0) is 18.4 Å². The summed E-state index contributed by atoms with van der Waals surface area (Å²) in [6.07, 6.45) is 5.05. The first-order chi connectivity index (χ1) is 10.9. The first-order valence-corrected chi connectivity index (χ1v) is 9.43. The molecule has 0 radical (unpaired) electrons. The van der Waals surface area contributed by atoms with Crippen LogP contribution in [0.3, 0.4) is 0 Å². The summed E-state index contributed by atoms with van der Waals surface area (Å²) in [6, 6.07) is 8.50. The van der Waals surface area contributed by atoms with Gasteiger partial charge in [0.25, 0.3) is 5.56 Å². The van der Waals surface area contributed by atoms with Gasteiger partial charge in [0.1, 0.15) is 5.82 Å². The lowest BCUT2D eigenvalue weighted by atomic mass is 9.86. The Hall–Kier alpha value is -1.55. The summed E-state index contributed by atoms with van der Waals surface area (Å²) in [5.41, 5.74) is 3.42. The Kier molecular flexibility index (Phi) is 4.37. The maximum atomic E-state index is 12.8. The van der Waals surface area contributed by atoms with Crippen molar-refractivity contribution in [2.45, 2.75) is 56.9 Å². The van der Waals surface area contributed by atoms with Crippen molar-refractivity contribution in [3.05, 3.63) is 46.0 Å². The van der Waals surface area contributed by atoms with Crippen molar-refractivity contribution in [1.82, 2.24) is 9.55 Å². The predicted molar refractivity (Wildman–Crippen MR) is 97.4 cm³/mol. The lowest BCUT2D eigenvalue weighted by Gasteiger charge is -2.21. The fraction of sp³-hybridized carbons (Fsp3) is 0.474. The third-order valence-electron chi connectivity index (χ3n) is 4.47. The first kappa shape index (κ1) is 16.3. The Bertz CT molecular complexity index is 770. The van der Waals surface area contributed by atoms with E-state index in [0.717, 1.165) is 47.8 Å². The van der Waals surface area contributed by atoms with Gasteiger partial charge in [-0.2, -0.15) is 0 Å². The summed E-state index contributed by atoms with van der Waals surface area (Å²) in [5.74, 6) is 0.939. The first-order valence-electron chi connectivity index (χ1n) is 8.20. The zero-order chi connectivity index (χ0) is 16.6. The van der Waals surface area contributed by atoms with Gasteiger partial charge in [-0.3, -0.25) is 9.36 Å². The fourth-order valence-electron chi connectivity index (χ4n) is 3.06. The van der Waals surface area contributed by atoms with Gasteiger partial charge in [-0.15, -0.1) is 11.8 Å². The van der Waals surface area contributed by atoms with Crippen LogP contribution in [0.25, 0.3) is 11.3 Å². The minimum atomic E-state index is 0.122. The summed E-state index contributed by atoms with van der Waals surface area (Å²) >= 11 is 1.50. The number of aromatic nitrogens is 2. The molecule has 0 aliphatic carbocycles. The second-order valence-corrected chi connectivity index (χ2v) is 7.97. The van der Waals surface area contributed by atoms with Crippen LogP contribution in [0.1, 0.15) is 45.0 Å². The van der Waals surface area contributed by atoms with Crippen molar-refractivity contribution in [2.24, 2.45) is 0 Å². The zero-order valence-corrected chi connectivity index (χ0v) is 15.2. The zero-order valence-electron chi connectivity index (χ0n) is 14.3. The highest BCUT2D eigenvalue weighted by Crippen LogP contribution is 2.30. The molecule has 0 fully saturated rings. The second kappa shape index (κ2) is 6.16. The van der Waals surface area contributed by atoms with Crippen LogP contribution >= 0.6 is 11.8 Å². The summed E-state index contributed by atoms with van der Waals surface area (Å²) in [6.45, 7) is 7.43. The van der Waals surface area contributed by atoms with Gasteiger partial charge in [0, 0.05) is 18.5 Å². The number of benzene rings is 1. The smallest absolute Gasteiger partial charge is 0.267 e. The average Bonchev–Trinajstić information content (AvgIpc) is 2.54. The Morgan fingerprint density at radius 1 is 1.13 bits per heavy atom. The van der Waals surface area contributed by atoms with Gasteiger partial charge >= 0.3 is 0 Å². The van der Waals surface area contributed by atoms with E-state index in [1.54, 1.807) is 0 Å². The maximum Gasteiger partial charge on any atom is 0.267 e. The molecule has 0 saturated carbocycles. The highest BCUT2D eigenvalue weighted by molar-refractivity contribution is 7.98. The van der Waals surface area contributed by atoms with Crippen molar-refractivity contribution in [3.8, 4) is 11.3 Å². The van der Waals surface area contributed by atoms with Gasteiger partial charge in [-0.25, -0.2) is 4.98 Å². The van der Waals surface area contributed by atoms with Crippen LogP contribution < -0.4 is 5.56 Å². The Labute approximate surface area is 142 Å². The standard InChI is InChI=1S/C19H24N2OS/c1-19(2,3)14-10-8-13(9-11-14)16-17(23-4)18(22)21-12-6-5-7-15(21)20-16/h8-11H,5-7,12H2,1-4H3. The van der Waals surface area contributed by atoms with E-state index in [1.807, 2.05) is 10.8 Å². The van der Waals surface area contributed by atoms with Crippen molar-refractivity contribution >= 4 is 11.8 Å². The molecule has 0 atom stereocenters. The molecular formula is C19H24N2OS. The summed E-state index contributed by atoms with van der Waals surface area (Å²) < 4.78 is 1.86. The molecule has 0 bridgehead atoms. The van der Waals surface area contributed by atoms with Crippen LogP contribution in [0.15, 0.2) is 34.0 Å². The monoisotopic (exact) mass is 328 g/mol. The van der Waals surface area contributed by atoms with Crippen LogP contribution in [0.5, 0.6) is 0 Å². The summed E-state index contributed by atoms with van der Waals surface area (Å²) in [5, 5.41) is 0. The molecule has 3 rings (SSSR count). The van der Waals surface area contributed by atoms with Gasteiger partial charge in [-0.05, 0) is 30.1 Å². The molecule has 2 aromatic rings. The van der Waals surface area contributed by atoms with E-state index in [2.05, 4.69) is 45.0 Å². The third kappa shape index (κ3) is 3.09. The topological polar surface area (TPSA) is 34.9 Å². The highest BCUT2D eigenvalue weighted by atomic mass is 32.2. The summed E-state index contributed by atoms with van der Waals surface area (Å²) in [7, 11) is 0. The molecule has 1 aliphatic heterocycles. The van der Waals surface area contributed by atoms with Crippen molar-refractivity contribution in [3.63, 3.8) is 0 Å². The number of hydrogen-bond acceptors (Lipinski definition) is 3. The minimum absolute atomic E-state index is 0.122. The molecule has 0 spiro atoms. The molecule has 1 aromatic heterocycles. The van der Waals surface area contributed by atoms with E-state index >= 15 is 0 Å². The third-order valence-corrected chi connectivity index (χ3v) is 5.24. The molecule has 1 aromatic carbocycles. The van der Waals surface area contributed by atoms with Crippen molar-refractivity contribution in [2.75, 3.05) is 6.26 Å². The van der Waals surface area contributed by atoms with Crippen molar-refractivity contribution in [1.29, 1.82) is 0 Å². The maximum absolute atomic E-state index is 12.8. The van der Waals surface area contributed by atoms with Crippen LogP contribution in [0.2, 0.25) is 0 Å². The molecule has 1 aliphatic rings. The number of fused-ring (bicyclic) bond motifs is 1. The van der Waals surface area contributed by atoms with E-state index in [4.69, 9.17) is 4.98 Å². The van der Waals surface area contributed by atoms with Gasteiger partial charge in [0.2, 0.25) is 0 Å². The van der Waals surface area contributed by atoms with Gasteiger partial charge in [-0.1, -0.05) is 45.0 Å². The molecule has 122 valence electrons. The lowest BCUT2D eigenvalue weighted by molar-refractivity contribution is 0.490. The van der Waals surface area contributed by atoms with Crippen LogP contribution in [-0.4, -0.2) is 15.8 Å². The number of rotatable bonds is 2.